The third kappa shape index (κ3) is 4.27. The highest BCUT2D eigenvalue weighted by Gasteiger charge is 2.71. The highest BCUT2D eigenvalue weighted by atomic mass is 32.2. The Kier molecular flexibility index (Phi) is 6.98. The van der Waals surface area contributed by atoms with Crippen molar-refractivity contribution in [2.24, 2.45) is 56.7 Å². The van der Waals surface area contributed by atoms with E-state index in [0.717, 1.165) is 50.5 Å². The summed E-state index contributed by atoms with van der Waals surface area (Å²) >= 11 is 0. The van der Waals surface area contributed by atoms with E-state index in [9.17, 15) is 18.3 Å². The number of sulfonamides is 1. The van der Waals surface area contributed by atoms with E-state index < -0.39 is 21.4 Å². The summed E-state index contributed by atoms with van der Waals surface area (Å²) in [7, 11) is -3.35. The molecule has 0 saturated heterocycles. The van der Waals surface area contributed by atoms with Crippen molar-refractivity contribution in [3.63, 3.8) is 0 Å². The van der Waals surface area contributed by atoms with Gasteiger partial charge in [-0.25, -0.2) is 8.42 Å². The Hall–Kier alpha value is -2.08. The predicted molar refractivity (Wildman–Crippen MR) is 175 cm³/mol. The van der Waals surface area contributed by atoms with E-state index in [1.54, 1.807) is 0 Å². The highest BCUT2D eigenvalue weighted by molar-refractivity contribution is 7.92. The lowest BCUT2D eigenvalue weighted by Crippen LogP contribution is -2.65. The van der Waals surface area contributed by atoms with Gasteiger partial charge in [-0.3, -0.25) is 9.52 Å². The molecule has 0 heterocycles. The molecule has 43 heavy (non-hydrogen) atoms. The van der Waals surface area contributed by atoms with Gasteiger partial charge in [0.2, 0.25) is 10.0 Å². The normalized spacial score (nSPS) is 43.3. The van der Waals surface area contributed by atoms with Crippen LogP contribution in [0.25, 0.3) is 5.57 Å². The van der Waals surface area contributed by atoms with Crippen LogP contribution in [0.3, 0.4) is 0 Å². The van der Waals surface area contributed by atoms with Crippen molar-refractivity contribution in [1.82, 2.24) is 0 Å². The first kappa shape index (κ1) is 30.9. The third-order valence-corrected chi connectivity index (χ3v) is 15.2. The van der Waals surface area contributed by atoms with Gasteiger partial charge in [0.15, 0.2) is 0 Å². The lowest BCUT2D eigenvalue weighted by molar-refractivity contribution is -0.227. The number of rotatable bonds is 5. The second kappa shape index (κ2) is 9.71. The van der Waals surface area contributed by atoms with Crippen LogP contribution in [0.15, 0.2) is 42.5 Å². The average Bonchev–Trinajstić information content (AvgIpc) is 3.29. The van der Waals surface area contributed by atoms with Gasteiger partial charge in [0, 0.05) is 5.69 Å². The molecule has 5 aliphatic carbocycles. The second-order valence-electron chi connectivity index (χ2n) is 16.6. The Balaban J connectivity index is 1.37. The van der Waals surface area contributed by atoms with Gasteiger partial charge in [-0.1, -0.05) is 65.0 Å². The Morgan fingerprint density at radius 3 is 2.33 bits per heavy atom. The number of carboxylic acid groups (broad SMARTS) is 1. The summed E-state index contributed by atoms with van der Waals surface area (Å²) in [6, 6.07) is 7.89. The zero-order valence-corrected chi connectivity index (χ0v) is 28.2. The Bertz CT molecular complexity index is 1490. The van der Waals surface area contributed by atoms with Gasteiger partial charge in [0.1, 0.15) is 0 Å². The number of fused-ring (bicyclic) bond motifs is 7. The van der Waals surface area contributed by atoms with E-state index in [4.69, 9.17) is 0 Å². The van der Waals surface area contributed by atoms with Crippen molar-refractivity contribution in [2.45, 2.75) is 99.3 Å². The van der Waals surface area contributed by atoms with Gasteiger partial charge >= 0.3 is 5.97 Å². The molecule has 9 atom stereocenters. The van der Waals surface area contributed by atoms with Crippen molar-refractivity contribution in [3.05, 3.63) is 48.1 Å². The van der Waals surface area contributed by atoms with Crippen molar-refractivity contribution in [1.29, 1.82) is 0 Å². The van der Waals surface area contributed by atoms with E-state index in [0.29, 0.717) is 29.4 Å². The molecule has 1 aromatic rings. The number of carboxylic acids is 1. The van der Waals surface area contributed by atoms with Gasteiger partial charge in [-0.05, 0) is 139 Å². The predicted octanol–water partition coefficient (Wildman–Crippen LogP) is 8.79. The van der Waals surface area contributed by atoms with Crippen LogP contribution in [0.1, 0.15) is 105 Å². The summed E-state index contributed by atoms with van der Waals surface area (Å²) in [5.74, 6) is 1.48. The van der Waals surface area contributed by atoms with Gasteiger partial charge in [-0.2, -0.15) is 0 Å². The number of hydrogen-bond donors (Lipinski definition) is 2. The van der Waals surface area contributed by atoms with Crippen molar-refractivity contribution < 1.29 is 18.3 Å². The van der Waals surface area contributed by atoms with Crippen LogP contribution in [0.5, 0.6) is 0 Å². The molecule has 5 aliphatic rings. The van der Waals surface area contributed by atoms with Crippen LogP contribution in [0.2, 0.25) is 0 Å². The SMILES string of the molecule is C=C(C)C1CCC2(C(=O)O)CCC3(C)C(CCC4C5(C)CC=C(c6cccc(NS(C)(=O)=O)c6)C(C)(C)C5CCC43C)C12. The molecule has 4 fully saturated rings. The molecule has 6 heteroatoms. The molecule has 0 radical (unpaired) electrons. The fourth-order valence-electron chi connectivity index (χ4n) is 12.6. The smallest absolute Gasteiger partial charge is 0.309 e. The Morgan fingerprint density at radius 2 is 1.67 bits per heavy atom. The van der Waals surface area contributed by atoms with E-state index >= 15 is 0 Å². The minimum atomic E-state index is -3.35. The second-order valence-corrected chi connectivity index (χ2v) is 18.4. The zero-order chi connectivity index (χ0) is 31.4. The van der Waals surface area contributed by atoms with E-state index in [1.807, 2.05) is 18.2 Å². The van der Waals surface area contributed by atoms with Crippen molar-refractivity contribution >= 4 is 27.3 Å². The first-order chi connectivity index (χ1) is 19.9. The molecular formula is C37H53NO4S. The lowest BCUT2D eigenvalue weighted by atomic mass is 9.32. The molecule has 0 bridgehead atoms. The minimum Gasteiger partial charge on any atom is -0.481 e. The van der Waals surface area contributed by atoms with E-state index in [2.05, 4.69) is 65.0 Å². The largest absolute Gasteiger partial charge is 0.481 e. The van der Waals surface area contributed by atoms with Crippen molar-refractivity contribution in [2.75, 3.05) is 11.0 Å². The number of hydrogen-bond acceptors (Lipinski definition) is 3. The molecule has 2 N–H and O–H groups in total. The topological polar surface area (TPSA) is 83.5 Å². The molecular weight excluding hydrogens is 554 g/mol. The number of aliphatic carboxylic acids is 1. The van der Waals surface area contributed by atoms with Gasteiger partial charge in [-0.15, -0.1) is 0 Å². The number of carbonyl (C=O) groups is 1. The van der Waals surface area contributed by atoms with Crippen LogP contribution in [0, 0.1) is 56.7 Å². The van der Waals surface area contributed by atoms with Crippen molar-refractivity contribution in [3.8, 4) is 0 Å². The Labute approximate surface area is 260 Å². The monoisotopic (exact) mass is 607 g/mol. The zero-order valence-electron chi connectivity index (χ0n) is 27.4. The fraction of sp³-hybridized carbons (Fsp3) is 0.703. The van der Waals surface area contributed by atoms with E-state index in [-0.39, 0.29) is 27.6 Å². The highest BCUT2D eigenvalue weighted by Crippen LogP contribution is 2.77. The number of allylic oxidation sites excluding steroid dienone is 3. The maximum atomic E-state index is 12.9. The first-order valence-corrected chi connectivity index (χ1v) is 18.5. The average molecular weight is 608 g/mol. The molecule has 0 amide bonds. The standard InChI is InChI=1S/C37H53NO4S/c1-23(2)26-14-19-37(32(39)40)21-20-35(6)28(31(26)37)12-13-30-34(5)17-15-27(33(3,4)29(34)16-18-36(30,35)7)24-10-9-11-25(22-24)38-43(8,41)42/h9-11,15,22,26,28-31,38H,1,12-14,16-21H2,2-8H3,(H,39,40). The molecule has 0 aliphatic heterocycles. The van der Waals surface area contributed by atoms with Gasteiger partial charge in [0.25, 0.3) is 0 Å². The molecule has 5 nitrogen and oxygen atoms in total. The molecule has 0 aromatic heterocycles. The molecule has 9 unspecified atom stereocenters. The van der Waals surface area contributed by atoms with Gasteiger partial charge < -0.3 is 5.11 Å². The summed E-state index contributed by atoms with van der Waals surface area (Å²) in [4.78, 5) is 12.9. The van der Waals surface area contributed by atoms with Gasteiger partial charge in [0.05, 0.1) is 11.7 Å². The number of nitrogens with one attached hydrogen (secondary N) is 1. The number of benzene rings is 1. The summed E-state index contributed by atoms with van der Waals surface area (Å²) < 4.78 is 26.5. The van der Waals surface area contributed by atoms with Crippen LogP contribution >= 0.6 is 0 Å². The molecule has 6 rings (SSSR count). The molecule has 1 aromatic carbocycles. The summed E-state index contributed by atoms with van der Waals surface area (Å²) in [6.45, 7) is 19.0. The summed E-state index contributed by atoms with van der Waals surface area (Å²) in [6.07, 6.45) is 12.9. The van der Waals surface area contributed by atoms with Crippen LogP contribution in [-0.4, -0.2) is 25.7 Å². The Morgan fingerprint density at radius 1 is 0.953 bits per heavy atom. The summed E-state index contributed by atoms with van der Waals surface area (Å²) in [5.41, 5.74) is 4.02. The lowest BCUT2D eigenvalue weighted by Gasteiger charge is -2.72. The van der Waals surface area contributed by atoms with E-state index in [1.165, 1.54) is 30.2 Å². The van der Waals surface area contributed by atoms with Crippen LogP contribution in [0.4, 0.5) is 5.69 Å². The maximum Gasteiger partial charge on any atom is 0.309 e. The minimum absolute atomic E-state index is 0.0582. The summed E-state index contributed by atoms with van der Waals surface area (Å²) in [5, 5.41) is 10.6. The number of anilines is 1. The van der Waals surface area contributed by atoms with Crippen LogP contribution in [-0.2, 0) is 14.8 Å². The third-order valence-electron chi connectivity index (χ3n) is 14.5. The first-order valence-electron chi connectivity index (χ1n) is 16.6. The molecule has 4 saturated carbocycles. The maximum absolute atomic E-state index is 12.9. The molecule has 0 spiro atoms. The van der Waals surface area contributed by atoms with Crippen LogP contribution < -0.4 is 4.72 Å². The fourth-order valence-corrected chi connectivity index (χ4v) is 13.1. The molecule has 236 valence electrons. The quantitative estimate of drug-likeness (QED) is 0.328.